The van der Waals surface area contributed by atoms with Crippen LogP contribution in [-0.2, 0) is 64.2 Å². The monoisotopic (exact) mass is 1040 g/mol. The molecule has 3 aliphatic rings. The molecule has 0 fully saturated rings. The number of rotatable bonds is 17. The first-order valence-corrected chi connectivity index (χ1v) is 24.8. The van der Waals surface area contributed by atoms with Gasteiger partial charge in [-0.2, -0.15) is 0 Å². The van der Waals surface area contributed by atoms with Gasteiger partial charge in [-0.3, -0.25) is 38.4 Å². The molecule has 5 aromatic carbocycles. The average Bonchev–Trinajstić information content (AvgIpc) is 3.79. The molecule has 76 heavy (non-hydrogen) atoms. The first-order chi connectivity index (χ1) is 36.3. The SMILES string of the molecule is CN[C@H](CC(C)C)C(=O)N[C@@H]1Cc2ccc(cc2)Oc2cc(ccc2O)[C@H](C(=O)N[C@@H](Cc2ccc(O)cc2)C(=O)N2Cc3ccccc3C2C(=O)N(C)[C@@H](Cc2ccccc2)C(N)=O)NC(=O)[C@H](CC(N)=O)NC1=O. The Morgan fingerprint density at radius 1 is 0.803 bits per heavy atom. The fourth-order valence-corrected chi connectivity index (χ4v) is 9.38. The fourth-order valence-electron chi connectivity index (χ4n) is 9.38. The molecule has 20 nitrogen and oxygen atoms in total. The zero-order valence-corrected chi connectivity index (χ0v) is 42.5. The van der Waals surface area contributed by atoms with Crippen LogP contribution in [0.4, 0.5) is 0 Å². The number of carbonyl (C=O) groups excluding carboxylic acids is 8. The molecule has 0 aromatic heterocycles. The zero-order valence-electron chi connectivity index (χ0n) is 42.5. The molecule has 3 aliphatic heterocycles. The van der Waals surface area contributed by atoms with Crippen molar-refractivity contribution in [1.82, 2.24) is 36.4 Å². The number of phenolic OH excluding ortho intramolecular Hbond substituents is 2. The second-order valence-corrected chi connectivity index (χ2v) is 19.4. The third-order valence-corrected chi connectivity index (χ3v) is 13.4. The van der Waals surface area contributed by atoms with Gasteiger partial charge in [-0.05, 0) is 89.2 Å². The summed E-state index contributed by atoms with van der Waals surface area (Å²) in [4.78, 5) is 116. The van der Waals surface area contributed by atoms with Gasteiger partial charge < -0.3 is 62.8 Å². The number of amides is 8. The Kier molecular flexibility index (Phi) is 17.7. The van der Waals surface area contributed by atoms with Crippen molar-refractivity contribution < 1.29 is 53.3 Å². The number of phenols is 2. The Morgan fingerprint density at radius 3 is 2.13 bits per heavy atom. The summed E-state index contributed by atoms with van der Waals surface area (Å²) in [7, 11) is 3.04. The van der Waals surface area contributed by atoms with E-state index in [-0.39, 0.29) is 60.3 Å². The lowest BCUT2D eigenvalue weighted by atomic mass is 9.99. The maximum Gasteiger partial charge on any atom is 0.250 e. The molecule has 20 heteroatoms. The maximum atomic E-state index is 15.4. The highest BCUT2D eigenvalue weighted by molar-refractivity contribution is 5.99. The van der Waals surface area contributed by atoms with Crippen molar-refractivity contribution in [2.75, 3.05) is 14.1 Å². The van der Waals surface area contributed by atoms with Gasteiger partial charge in [0.1, 0.15) is 47.8 Å². The van der Waals surface area contributed by atoms with Crippen molar-refractivity contribution in [3.63, 3.8) is 0 Å². The van der Waals surface area contributed by atoms with Crippen LogP contribution in [-0.4, -0.2) is 112 Å². The standard InChI is InChI=1S/C56H63N9O11/c1-31(2)24-40(59-3)51(70)60-41-25-34-16-21-38(22-17-34)76-46-28-35(18-23-45(46)67)48(63-53(72)42(29-47(57)68)61-52(41)71)54(73)62-43(26-33-14-19-37(66)20-15-33)55(74)65-30-36-12-8-9-13-39(36)49(65)56(75)64(4)44(50(58)69)27-32-10-6-5-7-11-32/h5-23,28,31,40-44,48-49,59,66-67H,24-27,29-30H2,1-4H3,(H2,57,68)(H2,58,69)(H,60,70)(H,61,71)(H,62,73)(H,63,72)/t40-,41-,42+,43+,44+,48-,49?/m1/s1. The minimum Gasteiger partial charge on any atom is -0.508 e. The van der Waals surface area contributed by atoms with E-state index in [0.717, 1.165) is 5.56 Å². The van der Waals surface area contributed by atoms with Crippen molar-refractivity contribution in [2.45, 2.75) is 94.8 Å². The number of ether oxygens (including phenoxy) is 1. The van der Waals surface area contributed by atoms with E-state index in [0.29, 0.717) is 28.7 Å². The minimum absolute atomic E-state index is 0.00918. The Balaban J connectivity index is 1.26. The third-order valence-electron chi connectivity index (χ3n) is 13.4. The van der Waals surface area contributed by atoms with Gasteiger partial charge >= 0.3 is 0 Å². The molecule has 0 radical (unpaired) electrons. The van der Waals surface area contributed by atoms with Crippen molar-refractivity contribution in [3.05, 3.63) is 155 Å². The third kappa shape index (κ3) is 13.5. The molecular formula is C56H63N9O11. The summed E-state index contributed by atoms with van der Waals surface area (Å²) in [6.07, 6.45) is -0.526. The van der Waals surface area contributed by atoms with Crippen LogP contribution in [0.2, 0.25) is 0 Å². The van der Waals surface area contributed by atoms with Crippen LogP contribution in [0.25, 0.3) is 0 Å². The van der Waals surface area contributed by atoms with Crippen LogP contribution in [0, 0.1) is 5.92 Å². The van der Waals surface area contributed by atoms with E-state index in [1.54, 1.807) is 79.8 Å². The summed E-state index contributed by atoms with van der Waals surface area (Å²) < 4.78 is 6.09. The highest BCUT2D eigenvalue weighted by Crippen LogP contribution is 2.37. The summed E-state index contributed by atoms with van der Waals surface area (Å²) in [5.41, 5.74) is 14.4. The molecule has 11 N–H and O–H groups in total. The molecule has 8 rings (SSSR count). The van der Waals surface area contributed by atoms with Gasteiger partial charge in [0.25, 0.3) is 0 Å². The number of nitrogens with zero attached hydrogens (tertiary/aromatic N) is 2. The van der Waals surface area contributed by atoms with E-state index in [1.807, 2.05) is 19.9 Å². The van der Waals surface area contributed by atoms with Crippen molar-refractivity contribution >= 4 is 47.3 Å². The van der Waals surface area contributed by atoms with Crippen LogP contribution in [0.3, 0.4) is 0 Å². The molecule has 398 valence electrons. The molecule has 3 heterocycles. The van der Waals surface area contributed by atoms with E-state index < -0.39 is 96.0 Å². The number of likely N-dealkylation sites (N-methyl/N-ethyl adjacent to an activating group) is 2. The van der Waals surface area contributed by atoms with Gasteiger partial charge in [0.2, 0.25) is 47.3 Å². The van der Waals surface area contributed by atoms with E-state index in [2.05, 4.69) is 26.6 Å². The molecule has 1 unspecified atom stereocenters. The van der Waals surface area contributed by atoms with Crippen molar-refractivity contribution in [2.24, 2.45) is 17.4 Å². The smallest absolute Gasteiger partial charge is 0.250 e. The minimum atomic E-state index is -1.76. The van der Waals surface area contributed by atoms with Gasteiger partial charge in [0.15, 0.2) is 11.5 Å². The summed E-state index contributed by atoms with van der Waals surface area (Å²) in [6.45, 7) is 3.78. The zero-order chi connectivity index (χ0) is 54.8. The number of fused-ring (bicyclic) bond motifs is 10. The number of nitrogens with one attached hydrogen (secondary N) is 5. The molecule has 0 spiro atoms. The van der Waals surface area contributed by atoms with Crippen LogP contribution in [0.5, 0.6) is 23.0 Å². The van der Waals surface area contributed by atoms with Crippen LogP contribution in [0.15, 0.2) is 121 Å². The second-order valence-electron chi connectivity index (χ2n) is 19.4. The number of hydrogen-bond donors (Lipinski definition) is 9. The number of aromatic hydroxyl groups is 2. The lowest BCUT2D eigenvalue weighted by Gasteiger charge is -2.34. The predicted octanol–water partition coefficient (Wildman–Crippen LogP) is 2.45. The van der Waals surface area contributed by atoms with E-state index >= 15 is 9.59 Å². The fraction of sp³-hybridized carbons (Fsp3) is 0.321. The number of nitrogens with two attached hydrogens (primary N) is 2. The van der Waals surface area contributed by atoms with E-state index in [9.17, 15) is 39.0 Å². The molecule has 0 saturated carbocycles. The quantitative estimate of drug-likeness (QED) is 0.0649. The number of benzene rings is 5. The van der Waals surface area contributed by atoms with Gasteiger partial charge in [0, 0.05) is 32.9 Å². The van der Waals surface area contributed by atoms with Gasteiger partial charge in [0.05, 0.1) is 12.5 Å². The normalized spacial score (nSPS) is 18.5. The average molecular weight is 1040 g/mol. The lowest BCUT2D eigenvalue weighted by Crippen LogP contribution is -2.58. The number of primary amides is 2. The highest BCUT2D eigenvalue weighted by Gasteiger charge is 2.44. The summed E-state index contributed by atoms with van der Waals surface area (Å²) >= 11 is 0. The largest absolute Gasteiger partial charge is 0.508 e. The van der Waals surface area contributed by atoms with Crippen LogP contribution in [0.1, 0.15) is 72.2 Å². The topological polar surface area (TPSA) is 305 Å². The van der Waals surface area contributed by atoms with Crippen LogP contribution < -0.4 is 42.8 Å². The van der Waals surface area contributed by atoms with Gasteiger partial charge in [-0.25, -0.2) is 0 Å². The first kappa shape index (κ1) is 55.0. The van der Waals surface area contributed by atoms with Crippen LogP contribution >= 0.6 is 0 Å². The van der Waals surface area contributed by atoms with E-state index in [1.165, 1.54) is 59.3 Å². The number of carbonyl (C=O) groups is 8. The molecular weight excluding hydrogens is 975 g/mol. The molecule has 0 aliphatic carbocycles. The van der Waals surface area contributed by atoms with Crippen molar-refractivity contribution in [3.8, 4) is 23.0 Å². The molecule has 4 bridgehead atoms. The van der Waals surface area contributed by atoms with E-state index in [4.69, 9.17) is 16.2 Å². The Bertz CT molecular complexity index is 2950. The maximum absolute atomic E-state index is 15.4. The summed E-state index contributed by atoms with van der Waals surface area (Å²) in [5.74, 6) is -6.80. The summed E-state index contributed by atoms with van der Waals surface area (Å²) in [5, 5.41) is 35.0. The molecule has 0 saturated heterocycles. The van der Waals surface area contributed by atoms with Crippen molar-refractivity contribution in [1.29, 1.82) is 0 Å². The van der Waals surface area contributed by atoms with Gasteiger partial charge in [-0.1, -0.05) is 98.8 Å². The second kappa shape index (κ2) is 24.5. The molecule has 5 aromatic rings. The first-order valence-electron chi connectivity index (χ1n) is 24.8. The Morgan fingerprint density at radius 2 is 1.47 bits per heavy atom. The predicted molar refractivity (Wildman–Crippen MR) is 279 cm³/mol. The Labute approximate surface area is 439 Å². The van der Waals surface area contributed by atoms with Gasteiger partial charge in [-0.15, -0.1) is 0 Å². The Hall–Kier alpha value is -8.78. The summed E-state index contributed by atoms with van der Waals surface area (Å²) in [6, 6.07) is 22.6. The molecule has 8 amide bonds. The lowest BCUT2D eigenvalue weighted by molar-refractivity contribution is -0.149. The highest BCUT2D eigenvalue weighted by atomic mass is 16.5. The number of hydrogen-bond acceptors (Lipinski definition) is 12. The molecule has 7 atom stereocenters.